The molecule has 2 aromatic heterocycles. The quantitative estimate of drug-likeness (QED) is 0.264. The number of nitrogens with zero attached hydrogens (tertiary/aromatic N) is 3. The third-order valence-corrected chi connectivity index (χ3v) is 7.30. The fourth-order valence-electron chi connectivity index (χ4n) is 4.86. The lowest BCUT2D eigenvalue weighted by Gasteiger charge is -2.35. The molecule has 0 spiro atoms. The number of aromatic amines is 1. The number of hydrogen-bond acceptors (Lipinski definition) is 5. The lowest BCUT2D eigenvalue weighted by Crippen LogP contribution is -2.36. The summed E-state index contributed by atoms with van der Waals surface area (Å²) in [7, 11) is 0. The van der Waals surface area contributed by atoms with Crippen LogP contribution in [-0.2, 0) is 5.41 Å². The van der Waals surface area contributed by atoms with Crippen LogP contribution in [0.5, 0.6) is 5.75 Å². The Kier molecular flexibility index (Phi) is 7.06. The van der Waals surface area contributed by atoms with Gasteiger partial charge < -0.3 is 4.74 Å². The molecule has 0 aliphatic carbocycles. The second kappa shape index (κ2) is 9.67. The monoisotopic (exact) mass is 518 g/mol. The van der Waals surface area contributed by atoms with Crippen molar-refractivity contribution in [3.8, 4) is 17.1 Å². The van der Waals surface area contributed by atoms with E-state index in [4.69, 9.17) is 9.72 Å². The van der Waals surface area contributed by atoms with Crippen molar-refractivity contribution in [2.45, 2.75) is 89.7 Å². The molecule has 0 bridgehead atoms. The van der Waals surface area contributed by atoms with Crippen molar-refractivity contribution in [3.05, 3.63) is 75.6 Å². The lowest BCUT2D eigenvalue weighted by atomic mass is 9.87. The van der Waals surface area contributed by atoms with Crippen molar-refractivity contribution >= 4 is 17.4 Å². The maximum Gasteiger partial charge on any atom is 0.266 e. The zero-order valence-corrected chi connectivity index (χ0v) is 24.2. The van der Waals surface area contributed by atoms with Crippen LogP contribution in [0.15, 0.2) is 58.5 Å². The van der Waals surface area contributed by atoms with Gasteiger partial charge in [-0.25, -0.2) is 14.5 Å². The van der Waals surface area contributed by atoms with E-state index in [2.05, 4.69) is 115 Å². The molecule has 0 aliphatic rings. The zero-order chi connectivity index (χ0) is 27.2. The van der Waals surface area contributed by atoms with Gasteiger partial charge in [0.1, 0.15) is 11.4 Å². The van der Waals surface area contributed by atoms with Crippen molar-refractivity contribution in [2.24, 2.45) is 0 Å². The first kappa shape index (κ1) is 27.0. The highest BCUT2D eigenvalue weighted by atomic mass is 32.2. The van der Waals surface area contributed by atoms with E-state index in [1.165, 1.54) is 22.8 Å². The molecule has 0 amide bonds. The fraction of sp³-hybridized carbons (Fsp3) is 0.433. The second-order valence-corrected chi connectivity index (χ2v) is 13.9. The summed E-state index contributed by atoms with van der Waals surface area (Å²) < 4.78 is 7.88. The number of H-pyrrole nitrogens is 1. The minimum absolute atomic E-state index is 0.0638. The van der Waals surface area contributed by atoms with Gasteiger partial charge in [-0.3, -0.25) is 9.89 Å². The summed E-state index contributed by atoms with van der Waals surface area (Å²) in [5, 5.41) is 3.55. The maximum absolute atomic E-state index is 12.2. The van der Waals surface area contributed by atoms with E-state index in [0.29, 0.717) is 16.6 Å². The molecule has 0 aliphatic heterocycles. The molecule has 0 saturated heterocycles. The minimum Gasteiger partial charge on any atom is -0.488 e. The minimum atomic E-state index is -0.418. The first-order valence-corrected chi connectivity index (χ1v) is 13.5. The molecule has 196 valence electrons. The van der Waals surface area contributed by atoms with Crippen molar-refractivity contribution in [2.75, 3.05) is 0 Å². The highest BCUT2D eigenvalue weighted by Gasteiger charge is 2.33. The number of nitrogens with one attached hydrogen (secondary N) is 1. The largest absolute Gasteiger partial charge is 0.488 e. The second-order valence-electron chi connectivity index (χ2n) is 12.2. The molecule has 7 heteroatoms. The third kappa shape index (κ3) is 6.63. The SMILES string of the molecule is Cc1cc(C)cc(OC(C)(C)CC(C)(C)Sc2nc(-c3ccc(C(C)(C)C)cc3)nc3cc(=O)[nH]n23)c1. The predicted octanol–water partition coefficient (Wildman–Crippen LogP) is 7.12. The molecular formula is C30H38N4O2S. The van der Waals surface area contributed by atoms with E-state index in [-0.39, 0.29) is 15.7 Å². The standard InChI is InChI=1S/C30H38N4O2S/c1-19-14-20(2)16-23(15-19)36-29(6,7)18-30(8,9)37-27-32-26(31-24-17-25(35)33-34(24)27)21-10-12-22(13-11-21)28(3,4)5/h10-17H,18H2,1-9H3,(H,33,35). The normalized spacial score (nSPS) is 12.8. The third-order valence-electron chi connectivity index (χ3n) is 6.14. The van der Waals surface area contributed by atoms with E-state index >= 15 is 0 Å². The van der Waals surface area contributed by atoms with Crippen LogP contribution in [0.2, 0.25) is 0 Å². The number of aryl methyl sites for hydroxylation is 2. The van der Waals surface area contributed by atoms with Crippen LogP contribution in [0.4, 0.5) is 0 Å². The number of benzene rings is 2. The summed E-state index contributed by atoms with van der Waals surface area (Å²) in [5.74, 6) is 1.48. The van der Waals surface area contributed by atoms with Gasteiger partial charge in [-0.05, 0) is 61.9 Å². The van der Waals surface area contributed by atoms with Crippen LogP contribution < -0.4 is 10.3 Å². The van der Waals surface area contributed by atoms with Crippen molar-refractivity contribution in [1.82, 2.24) is 19.6 Å². The van der Waals surface area contributed by atoms with Gasteiger partial charge >= 0.3 is 0 Å². The molecule has 0 atom stereocenters. The van der Waals surface area contributed by atoms with E-state index in [1.807, 2.05) is 0 Å². The molecule has 2 aromatic carbocycles. The number of ether oxygens (including phenoxy) is 1. The van der Waals surface area contributed by atoms with Gasteiger partial charge in [0.15, 0.2) is 16.6 Å². The lowest BCUT2D eigenvalue weighted by molar-refractivity contribution is 0.0904. The highest BCUT2D eigenvalue weighted by Crippen LogP contribution is 2.39. The average Bonchev–Trinajstić information content (AvgIpc) is 3.11. The molecule has 1 N–H and O–H groups in total. The van der Waals surface area contributed by atoms with Gasteiger partial charge in [-0.15, -0.1) is 0 Å². The molecule has 4 rings (SSSR count). The zero-order valence-electron chi connectivity index (χ0n) is 23.4. The van der Waals surface area contributed by atoms with Crippen LogP contribution >= 0.6 is 11.8 Å². The number of rotatable bonds is 7. The Morgan fingerprint density at radius 2 is 1.51 bits per heavy atom. The summed E-state index contributed by atoms with van der Waals surface area (Å²) in [6, 6.07) is 16.2. The van der Waals surface area contributed by atoms with Crippen molar-refractivity contribution in [1.29, 1.82) is 0 Å². The Morgan fingerprint density at radius 1 is 0.892 bits per heavy atom. The molecule has 0 saturated carbocycles. The molecule has 0 radical (unpaired) electrons. The topological polar surface area (TPSA) is 72.3 Å². The number of aromatic nitrogens is 4. The number of fused-ring (bicyclic) bond motifs is 1. The van der Waals surface area contributed by atoms with Crippen LogP contribution in [0.3, 0.4) is 0 Å². The molecule has 6 nitrogen and oxygen atoms in total. The van der Waals surface area contributed by atoms with E-state index in [9.17, 15) is 4.79 Å². The predicted molar refractivity (Wildman–Crippen MR) is 153 cm³/mol. The van der Waals surface area contributed by atoms with Crippen LogP contribution in [0.1, 0.15) is 71.6 Å². The van der Waals surface area contributed by atoms with Crippen LogP contribution in [0.25, 0.3) is 17.0 Å². The first-order chi connectivity index (χ1) is 17.1. The van der Waals surface area contributed by atoms with Crippen LogP contribution in [-0.4, -0.2) is 29.9 Å². The average molecular weight is 519 g/mol. The van der Waals surface area contributed by atoms with Crippen LogP contribution in [0, 0.1) is 13.8 Å². The summed E-state index contributed by atoms with van der Waals surface area (Å²) >= 11 is 1.61. The molecular weight excluding hydrogens is 480 g/mol. The van der Waals surface area contributed by atoms with Gasteiger partial charge in [0.05, 0.1) is 0 Å². The van der Waals surface area contributed by atoms with Gasteiger partial charge in [0.2, 0.25) is 0 Å². The smallest absolute Gasteiger partial charge is 0.266 e. The van der Waals surface area contributed by atoms with E-state index in [1.54, 1.807) is 16.3 Å². The first-order valence-electron chi connectivity index (χ1n) is 12.7. The Hall–Kier alpha value is -3.06. The molecule has 4 aromatic rings. The summed E-state index contributed by atoms with van der Waals surface area (Å²) in [6.45, 7) is 19.3. The summed E-state index contributed by atoms with van der Waals surface area (Å²) in [4.78, 5) is 21.8. The summed E-state index contributed by atoms with van der Waals surface area (Å²) in [5.41, 5.74) is 4.53. The Morgan fingerprint density at radius 3 is 2.11 bits per heavy atom. The molecule has 0 unspecified atom stereocenters. The Balaban J connectivity index is 1.63. The fourth-order valence-corrected chi connectivity index (χ4v) is 6.13. The van der Waals surface area contributed by atoms with E-state index in [0.717, 1.165) is 17.7 Å². The number of thioether (sulfide) groups is 1. The maximum atomic E-state index is 12.2. The van der Waals surface area contributed by atoms with Crippen molar-refractivity contribution in [3.63, 3.8) is 0 Å². The Labute approximate surface area is 223 Å². The van der Waals surface area contributed by atoms with E-state index < -0.39 is 5.60 Å². The highest BCUT2D eigenvalue weighted by molar-refractivity contribution is 8.00. The van der Waals surface area contributed by atoms with Gasteiger partial charge in [0.25, 0.3) is 5.56 Å². The Bertz CT molecular complexity index is 1450. The molecule has 0 fully saturated rings. The van der Waals surface area contributed by atoms with Gasteiger partial charge in [-0.1, -0.05) is 76.7 Å². The molecule has 37 heavy (non-hydrogen) atoms. The summed E-state index contributed by atoms with van der Waals surface area (Å²) in [6.07, 6.45) is 0.754. The van der Waals surface area contributed by atoms with Gasteiger partial charge in [0, 0.05) is 22.8 Å². The molecule has 2 heterocycles. The number of hydrogen-bond donors (Lipinski definition) is 1. The van der Waals surface area contributed by atoms with Crippen molar-refractivity contribution < 1.29 is 4.74 Å². The van der Waals surface area contributed by atoms with Gasteiger partial charge in [-0.2, -0.15) is 0 Å².